The normalized spacial score (nSPS) is 18.3. The van der Waals surface area contributed by atoms with Crippen LogP contribution in [0, 0.1) is 0 Å². The number of halogens is 1. The summed E-state index contributed by atoms with van der Waals surface area (Å²) in [6, 6.07) is 0. The van der Waals surface area contributed by atoms with Crippen molar-refractivity contribution in [1.82, 2.24) is 25.3 Å². The van der Waals surface area contributed by atoms with E-state index in [0.717, 1.165) is 24.6 Å². The zero-order chi connectivity index (χ0) is 15.9. The van der Waals surface area contributed by atoms with Crippen LogP contribution in [0.2, 0.25) is 0 Å². The summed E-state index contributed by atoms with van der Waals surface area (Å²) in [7, 11) is 3.65. The van der Waals surface area contributed by atoms with Crippen molar-refractivity contribution in [3.05, 3.63) is 18.0 Å². The van der Waals surface area contributed by atoms with Gasteiger partial charge in [-0.1, -0.05) is 0 Å². The SMILES string of the molecule is CN=C(NCCNC(C)=O)N1CCOC(c2cnn(C)c2)C1.I. The number of carbonyl (C=O) groups is 1. The lowest BCUT2D eigenvalue weighted by Crippen LogP contribution is -2.49. The largest absolute Gasteiger partial charge is 0.370 e. The second-order valence-corrected chi connectivity index (χ2v) is 5.21. The van der Waals surface area contributed by atoms with E-state index in [1.165, 1.54) is 6.92 Å². The van der Waals surface area contributed by atoms with Gasteiger partial charge in [0.05, 0.1) is 19.3 Å². The van der Waals surface area contributed by atoms with E-state index in [9.17, 15) is 4.79 Å². The minimum Gasteiger partial charge on any atom is -0.370 e. The summed E-state index contributed by atoms with van der Waals surface area (Å²) in [6.45, 7) is 4.88. The van der Waals surface area contributed by atoms with Gasteiger partial charge in [0, 0.05) is 52.4 Å². The Morgan fingerprint density at radius 3 is 2.83 bits per heavy atom. The molecule has 1 aromatic heterocycles. The van der Waals surface area contributed by atoms with Crippen LogP contribution in [0.15, 0.2) is 17.4 Å². The Morgan fingerprint density at radius 2 is 2.22 bits per heavy atom. The molecule has 8 nitrogen and oxygen atoms in total. The first kappa shape index (κ1) is 19.7. The van der Waals surface area contributed by atoms with Crippen molar-refractivity contribution < 1.29 is 9.53 Å². The van der Waals surface area contributed by atoms with Gasteiger partial charge in [0.25, 0.3) is 0 Å². The van der Waals surface area contributed by atoms with Gasteiger partial charge in [-0.25, -0.2) is 0 Å². The zero-order valence-corrected chi connectivity index (χ0v) is 16.1. The molecule has 0 saturated carbocycles. The molecular formula is C14H25IN6O2. The molecule has 0 spiro atoms. The number of carbonyl (C=O) groups excluding carboxylic acids is 1. The molecule has 1 unspecified atom stereocenters. The molecule has 2 N–H and O–H groups in total. The maximum absolute atomic E-state index is 10.9. The van der Waals surface area contributed by atoms with E-state index < -0.39 is 0 Å². The topological polar surface area (TPSA) is 83.8 Å². The highest BCUT2D eigenvalue weighted by atomic mass is 127. The molecule has 1 saturated heterocycles. The lowest BCUT2D eigenvalue weighted by Gasteiger charge is -2.34. The Morgan fingerprint density at radius 1 is 1.48 bits per heavy atom. The summed E-state index contributed by atoms with van der Waals surface area (Å²) in [4.78, 5) is 17.3. The molecule has 2 heterocycles. The smallest absolute Gasteiger partial charge is 0.216 e. The maximum Gasteiger partial charge on any atom is 0.216 e. The lowest BCUT2D eigenvalue weighted by atomic mass is 10.1. The number of aliphatic imine (C=N–C) groups is 1. The fraction of sp³-hybridized carbons (Fsp3) is 0.643. The van der Waals surface area contributed by atoms with Crippen LogP contribution in [0.4, 0.5) is 0 Å². The Labute approximate surface area is 153 Å². The molecule has 1 fully saturated rings. The summed E-state index contributed by atoms with van der Waals surface area (Å²) in [5, 5.41) is 10.2. The third-order valence-electron chi connectivity index (χ3n) is 3.46. The van der Waals surface area contributed by atoms with E-state index in [1.54, 1.807) is 11.7 Å². The van der Waals surface area contributed by atoms with Gasteiger partial charge < -0.3 is 20.3 Å². The summed E-state index contributed by atoms with van der Waals surface area (Å²) in [5.41, 5.74) is 1.07. The molecule has 1 aliphatic heterocycles. The van der Waals surface area contributed by atoms with E-state index in [-0.39, 0.29) is 36.0 Å². The van der Waals surface area contributed by atoms with Crippen molar-refractivity contribution in [3.63, 3.8) is 0 Å². The molecule has 1 aliphatic rings. The molecular weight excluding hydrogens is 411 g/mol. The van der Waals surface area contributed by atoms with Crippen molar-refractivity contribution in [1.29, 1.82) is 0 Å². The van der Waals surface area contributed by atoms with Gasteiger partial charge in [-0.05, 0) is 0 Å². The number of hydrogen-bond donors (Lipinski definition) is 2. The van der Waals surface area contributed by atoms with Gasteiger partial charge in [-0.2, -0.15) is 5.10 Å². The predicted octanol–water partition coefficient (Wildman–Crippen LogP) is 0.123. The second-order valence-electron chi connectivity index (χ2n) is 5.21. The van der Waals surface area contributed by atoms with Crippen LogP contribution in [-0.4, -0.2) is 66.4 Å². The minimum atomic E-state index is -0.0280. The van der Waals surface area contributed by atoms with Crippen molar-refractivity contribution >= 4 is 35.8 Å². The summed E-state index contributed by atoms with van der Waals surface area (Å²) >= 11 is 0. The molecule has 0 radical (unpaired) electrons. The average molecular weight is 436 g/mol. The molecule has 0 aromatic carbocycles. The average Bonchev–Trinajstić information content (AvgIpc) is 2.94. The van der Waals surface area contributed by atoms with Gasteiger partial charge in [-0.15, -0.1) is 24.0 Å². The van der Waals surface area contributed by atoms with E-state index >= 15 is 0 Å². The number of nitrogens with one attached hydrogen (secondary N) is 2. The van der Waals surface area contributed by atoms with Gasteiger partial charge >= 0.3 is 0 Å². The number of amides is 1. The quantitative estimate of drug-likeness (QED) is 0.303. The number of rotatable bonds is 4. The highest BCUT2D eigenvalue weighted by Crippen LogP contribution is 2.21. The van der Waals surface area contributed by atoms with E-state index in [4.69, 9.17) is 4.74 Å². The summed E-state index contributed by atoms with van der Waals surface area (Å²) < 4.78 is 7.60. The first-order chi connectivity index (χ1) is 10.6. The van der Waals surface area contributed by atoms with Crippen LogP contribution in [0.3, 0.4) is 0 Å². The van der Waals surface area contributed by atoms with Crippen molar-refractivity contribution in [2.24, 2.45) is 12.0 Å². The van der Waals surface area contributed by atoms with Gasteiger partial charge in [0.2, 0.25) is 5.91 Å². The number of nitrogens with zero attached hydrogens (tertiary/aromatic N) is 4. The molecule has 0 bridgehead atoms. The van der Waals surface area contributed by atoms with Crippen LogP contribution in [0.5, 0.6) is 0 Å². The Kier molecular flexibility index (Phi) is 8.31. The predicted molar refractivity (Wildman–Crippen MR) is 98.9 cm³/mol. The standard InChI is InChI=1S/C14H24N6O2.HI/c1-11(21)16-4-5-17-14(15-2)20-6-7-22-13(10-20)12-8-18-19(3)9-12;/h8-9,13H,4-7,10H2,1-3H3,(H,15,17)(H,16,21);1H. The molecule has 23 heavy (non-hydrogen) atoms. The Hall–Kier alpha value is -1.36. The van der Waals surface area contributed by atoms with Crippen LogP contribution >= 0.6 is 24.0 Å². The van der Waals surface area contributed by atoms with Crippen molar-refractivity contribution in [3.8, 4) is 0 Å². The molecule has 2 rings (SSSR count). The van der Waals surface area contributed by atoms with Crippen molar-refractivity contribution in [2.45, 2.75) is 13.0 Å². The third-order valence-corrected chi connectivity index (χ3v) is 3.46. The van der Waals surface area contributed by atoms with Crippen molar-refractivity contribution in [2.75, 3.05) is 39.8 Å². The van der Waals surface area contributed by atoms with Gasteiger partial charge in [0.1, 0.15) is 6.10 Å². The molecule has 1 aromatic rings. The van der Waals surface area contributed by atoms with E-state index in [1.807, 2.05) is 19.4 Å². The highest BCUT2D eigenvalue weighted by molar-refractivity contribution is 14.0. The van der Waals surface area contributed by atoms with E-state index in [0.29, 0.717) is 19.7 Å². The molecule has 1 atom stereocenters. The molecule has 130 valence electrons. The summed E-state index contributed by atoms with van der Waals surface area (Å²) in [5.74, 6) is 0.794. The van der Waals surface area contributed by atoms with Crippen LogP contribution < -0.4 is 10.6 Å². The monoisotopic (exact) mass is 436 g/mol. The first-order valence-corrected chi connectivity index (χ1v) is 7.40. The van der Waals surface area contributed by atoms with E-state index in [2.05, 4.69) is 25.6 Å². The van der Waals surface area contributed by atoms with Gasteiger partial charge in [-0.3, -0.25) is 14.5 Å². The maximum atomic E-state index is 10.9. The van der Waals surface area contributed by atoms with Gasteiger partial charge in [0.15, 0.2) is 5.96 Å². The number of guanidine groups is 1. The molecule has 0 aliphatic carbocycles. The second kappa shape index (κ2) is 9.71. The number of ether oxygens (including phenoxy) is 1. The number of aromatic nitrogens is 2. The first-order valence-electron chi connectivity index (χ1n) is 7.40. The van der Waals surface area contributed by atoms with Crippen LogP contribution in [-0.2, 0) is 16.6 Å². The highest BCUT2D eigenvalue weighted by Gasteiger charge is 2.24. The number of hydrogen-bond acceptors (Lipinski definition) is 4. The molecule has 1 amide bonds. The summed E-state index contributed by atoms with van der Waals surface area (Å²) in [6.07, 6.45) is 3.80. The third kappa shape index (κ3) is 5.98. The minimum absolute atomic E-state index is 0. The Balaban J connectivity index is 0.00000264. The zero-order valence-electron chi connectivity index (χ0n) is 13.8. The fourth-order valence-electron chi connectivity index (χ4n) is 2.39. The van der Waals surface area contributed by atoms with Crippen LogP contribution in [0.25, 0.3) is 0 Å². The number of aryl methyl sites for hydroxylation is 1. The van der Waals surface area contributed by atoms with Crippen LogP contribution in [0.1, 0.15) is 18.6 Å². The molecule has 9 heteroatoms. The fourth-order valence-corrected chi connectivity index (χ4v) is 2.39. The Bertz CT molecular complexity index is 533. The lowest BCUT2D eigenvalue weighted by molar-refractivity contribution is -0.118. The number of morpholine rings is 1.